The van der Waals surface area contributed by atoms with Crippen molar-refractivity contribution in [1.82, 2.24) is 0 Å². The van der Waals surface area contributed by atoms with Crippen LogP contribution in [0, 0.1) is 17.1 Å². The van der Waals surface area contributed by atoms with Crippen LogP contribution in [0.2, 0.25) is 0 Å². The lowest BCUT2D eigenvalue weighted by molar-refractivity contribution is -0.123. The molecular weight excluding hydrogens is 197 g/mol. The van der Waals surface area contributed by atoms with E-state index >= 15 is 0 Å². The molecule has 0 radical (unpaired) electrons. The summed E-state index contributed by atoms with van der Waals surface area (Å²) in [6, 6.07) is 5.23. The highest BCUT2D eigenvalue weighted by molar-refractivity contribution is 6.03. The third-order valence-corrected chi connectivity index (χ3v) is 2.34. The van der Waals surface area contributed by atoms with Gasteiger partial charge in [-0.1, -0.05) is 0 Å². The van der Waals surface area contributed by atoms with Gasteiger partial charge in [0.25, 0.3) is 0 Å². The van der Waals surface area contributed by atoms with Crippen molar-refractivity contribution in [1.29, 1.82) is 5.26 Å². The molecule has 0 aliphatic carbocycles. The van der Waals surface area contributed by atoms with Gasteiger partial charge in [-0.25, -0.2) is 4.39 Å². The number of β-lactam (4-membered cyclic amide) rings is 1. The molecule has 1 unspecified atom stereocenters. The molecule has 0 aromatic heterocycles. The van der Waals surface area contributed by atoms with Gasteiger partial charge in [-0.3, -0.25) is 4.79 Å². The number of amides is 1. The Morgan fingerprint density at radius 1 is 1.60 bits per heavy atom. The van der Waals surface area contributed by atoms with Crippen LogP contribution in [0.4, 0.5) is 10.1 Å². The summed E-state index contributed by atoms with van der Waals surface area (Å²) in [6.45, 7) is 0.412. The van der Waals surface area contributed by atoms with Gasteiger partial charge in [-0.2, -0.15) is 5.26 Å². The molecule has 1 fully saturated rings. The smallest absolute Gasteiger partial charge is 0.245 e. The molecule has 76 valence electrons. The quantitative estimate of drug-likeness (QED) is 0.673. The van der Waals surface area contributed by atoms with Crippen molar-refractivity contribution in [3.05, 3.63) is 29.6 Å². The lowest BCUT2D eigenvalue weighted by Gasteiger charge is -2.36. The van der Waals surface area contributed by atoms with E-state index in [4.69, 9.17) is 11.0 Å². The van der Waals surface area contributed by atoms with Gasteiger partial charge in [-0.05, 0) is 18.2 Å². The Balaban J connectivity index is 2.32. The fourth-order valence-corrected chi connectivity index (χ4v) is 1.45. The first-order valence-corrected chi connectivity index (χ1v) is 4.40. The largest absolute Gasteiger partial charge is 0.318 e. The van der Waals surface area contributed by atoms with E-state index in [1.807, 2.05) is 0 Å². The predicted octanol–water partition coefficient (Wildman–Crippen LogP) is 0.371. The summed E-state index contributed by atoms with van der Waals surface area (Å²) in [5, 5.41) is 8.62. The molecule has 2 N–H and O–H groups in total. The fourth-order valence-electron chi connectivity index (χ4n) is 1.45. The van der Waals surface area contributed by atoms with Gasteiger partial charge >= 0.3 is 0 Å². The van der Waals surface area contributed by atoms with Crippen LogP contribution in [-0.4, -0.2) is 18.5 Å². The maximum Gasteiger partial charge on any atom is 0.245 e. The molecule has 1 aromatic rings. The molecule has 15 heavy (non-hydrogen) atoms. The number of nitrogens with two attached hydrogens (primary N) is 1. The number of benzene rings is 1. The van der Waals surface area contributed by atoms with Crippen molar-refractivity contribution in [3.63, 3.8) is 0 Å². The summed E-state index contributed by atoms with van der Waals surface area (Å²) < 4.78 is 13.0. The molecule has 4 nitrogen and oxygen atoms in total. The zero-order chi connectivity index (χ0) is 11.0. The van der Waals surface area contributed by atoms with Crippen molar-refractivity contribution in [3.8, 4) is 6.07 Å². The third kappa shape index (κ3) is 1.45. The van der Waals surface area contributed by atoms with Crippen molar-refractivity contribution >= 4 is 11.6 Å². The molecule has 0 saturated carbocycles. The standard InChI is InChI=1S/C10H8FN3O/c11-8-2-1-7(3-6(8)4-12)14-5-9(13)10(14)15/h1-3,9H,5,13H2. The summed E-state index contributed by atoms with van der Waals surface area (Å²) in [5.74, 6) is -0.788. The molecule has 2 rings (SSSR count). The lowest BCUT2D eigenvalue weighted by Crippen LogP contribution is -2.61. The van der Waals surface area contributed by atoms with Gasteiger partial charge in [0.15, 0.2) is 0 Å². The van der Waals surface area contributed by atoms with Gasteiger partial charge in [-0.15, -0.1) is 0 Å². The maximum atomic E-state index is 13.0. The first kappa shape index (κ1) is 9.62. The predicted molar refractivity (Wildman–Crippen MR) is 51.4 cm³/mol. The van der Waals surface area contributed by atoms with Crippen molar-refractivity contribution in [2.24, 2.45) is 5.73 Å². The molecule has 1 heterocycles. The molecule has 0 bridgehead atoms. The van der Waals surface area contributed by atoms with Crippen LogP contribution in [0.25, 0.3) is 0 Å². The van der Waals surface area contributed by atoms with E-state index in [9.17, 15) is 9.18 Å². The average Bonchev–Trinajstić information content (AvgIpc) is 2.26. The Bertz CT molecular complexity index is 466. The average molecular weight is 205 g/mol. The van der Waals surface area contributed by atoms with Crippen LogP contribution in [0.1, 0.15) is 5.56 Å². The summed E-state index contributed by atoms with van der Waals surface area (Å²) in [6.07, 6.45) is 0. The number of rotatable bonds is 1. The highest BCUT2D eigenvalue weighted by atomic mass is 19.1. The molecule has 1 aliphatic rings. The minimum absolute atomic E-state index is 0.0687. The normalized spacial score (nSPS) is 19.7. The van der Waals surface area contributed by atoms with Crippen LogP contribution < -0.4 is 10.6 Å². The van der Waals surface area contributed by atoms with E-state index in [1.54, 1.807) is 6.07 Å². The molecule has 1 amide bonds. The minimum Gasteiger partial charge on any atom is -0.318 e. The Morgan fingerprint density at radius 2 is 2.33 bits per heavy atom. The highest BCUT2D eigenvalue weighted by Crippen LogP contribution is 2.23. The molecule has 1 aromatic carbocycles. The van der Waals surface area contributed by atoms with E-state index < -0.39 is 11.9 Å². The molecule has 1 atom stereocenters. The summed E-state index contributed by atoms with van der Waals surface area (Å²) in [4.78, 5) is 12.7. The van der Waals surface area contributed by atoms with E-state index in [0.717, 1.165) is 0 Å². The number of hydrogen-bond acceptors (Lipinski definition) is 3. The lowest BCUT2D eigenvalue weighted by atomic mass is 10.1. The Morgan fingerprint density at radius 3 is 2.87 bits per heavy atom. The second-order valence-electron chi connectivity index (χ2n) is 3.33. The monoisotopic (exact) mass is 205 g/mol. The summed E-state index contributed by atoms with van der Waals surface area (Å²) in [5.41, 5.74) is 5.86. The van der Waals surface area contributed by atoms with Gasteiger partial charge in [0.2, 0.25) is 5.91 Å². The number of nitriles is 1. The second-order valence-corrected chi connectivity index (χ2v) is 3.33. The molecule has 0 spiro atoms. The zero-order valence-electron chi connectivity index (χ0n) is 7.77. The molecule has 1 aliphatic heterocycles. The molecule has 5 heteroatoms. The van der Waals surface area contributed by atoms with Gasteiger partial charge < -0.3 is 10.6 Å². The number of nitrogens with zero attached hydrogens (tertiary/aromatic N) is 2. The number of hydrogen-bond donors (Lipinski definition) is 1. The molecule has 1 saturated heterocycles. The van der Waals surface area contributed by atoms with E-state index in [0.29, 0.717) is 12.2 Å². The second kappa shape index (κ2) is 3.33. The summed E-state index contributed by atoms with van der Waals surface area (Å²) in [7, 11) is 0. The van der Waals surface area contributed by atoms with Crippen LogP contribution in [0.5, 0.6) is 0 Å². The van der Waals surface area contributed by atoms with Crippen molar-refractivity contribution in [2.75, 3.05) is 11.4 Å². The Labute approximate surface area is 85.7 Å². The third-order valence-electron chi connectivity index (χ3n) is 2.34. The Kier molecular flexibility index (Phi) is 2.14. The highest BCUT2D eigenvalue weighted by Gasteiger charge is 2.34. The Hall–Kier alpha value is -1.93. The fraction of sp³-hybridized carbons (Fsp3) is 0.200. The van der Waals surface area contributed by atoms with Crippen LogP contribution in [0.15, 0.2) is 18.2 Å². The first-order chi connectivity index (χ1) is 7.13. The maximum absolute atomic E-state index is 13.0. The van der Waals surface area contributed by atoms with Crippen LogP contribution in [-0.2, 0) is 4.79 Å². The van der Waals surface area contributed by atoms with Crippen LogP contribution >= 0.6 is 0 Å². The summed E-state index contributed by atoms with van der Waals surface area (Å²) >= 11 is 0. The van der Waals surface area contributed by atoms with Gasteiger partial charge in [0.1, 0.15) is 17.9 Å². The number of carbonyl (C=O) groups is 1. The minimum atomic E-state index is -0.585. The van der Waals surface area contributed by atoms with E-state index in [-0.39, 0.29) is 11.5 Å². The van der Waals surface area contributed by atoms with Gasteiger partial charge in [0.05, 0.1) is 12.1 Å². The van der Waals surface area contributed by atoms with E-state index in [2.05, 4.69) is 0 Å². The van der Waals surface area contributed by atoms with Crippen molar-refractivity contribution in [2.45, 2.75) is 6.04 Å². The SMILES string of the molecule is N#Cc1cc(N2CC(N)C2=O)ccc1F. The van der Waals surface area contributed by atoms with Crippen LogP contribution in [0.3, 0.4) is 0 Å². The first-order valence-electron chi connectivity index (χ1n) is 4.40. The van der Waals surface area contributed by atoms with Gasteiger partial charge in [0, 0.05) is 5.69 Å². The molecular formula is C10H8FN3O. The number of anilines is 1. The number of carbonyl (C=O) groups excluding carboxylic acids is 1. The number of halogens is 1. The zero-order valence-corrected chi connectivity index (χ0v) is 7.77. The topological polar surface area (TPSA) is 70.1 Å². The van der Waals surface area contributed by atoms with Crippen molar-refractivity contribution < 1.29 is 9.18 Å². The van der Waals surface area contributed by atoms with E-state index in [1.165, 1.54) is 23.1 Å².